The number of aliphatic hydroxyl groups is 1. The van der Waals surface area contributed by atoms with Gasteiger partial charge in [0.2, 0.25) is 0 Å². The Kier molecular flexibility index (Phi) is 5.92. The lowest BCUT2D eigenvalue weighted by atomic mass is 10.1. The Morgan fingerprint density at radius 1 is 1.36 bits per heavy atom. The molecule has 0 spiro atoms. The molecule has 0 aliphatic rings. The molecule has 0 aliphatic carbocycles. The summed E-state index contributed by atoms with van der Waals surface area (Å²) in [5.41, 5.74) is -0.158. The number of rotatable bonds is 6. The van der Waals surface area contributed by atoms with E-state index in [4.69, 9.17) is 4.74 Å². The fraction of sp³-hybridized carbons (Fsp3) is 0.333. The van der Waals surface area contributed by atoms with Gasteiger partial charge in [-0.25, -0.2) is 9.78 Å². The van der Waals surface area contributed by atoms with Crippen LogP contribution < -0.4 is 0 Å². The van der Waals surface area contributed by atoms with Crippen LogP contribution in [0, 0.1) is 6.92 Å². The quantitative estimate of drug-likeness (QED) is 0.575. The number of fused-ring (bicyclic) bond motifs is 1. The second-order valence-electron chi connectivity index (χ2n) is 6.08. The number of phenols is 1. The van der Waals surface area contributed by atoms with E-state index in [1.165, 1.54) is 18.3 Å². The predicted octanol–water partition coefficient (Wildman–Crippen LogP) is 4.08. The van der Waals surface area contributed by atoms with Crippen molar-refractivity contribution < 1.29 is 32.9 Å². The van der Waals surface area contributed by atoms with Crippen LogP contribution in [0.15, 0.2) is 23.6 Å². The summed E-state index contributed by atoms with van der Waals surface area (Å²) in [6, 6.07) is 4.95. The normalized spacial score (nSPS) is 13.0. The third-order valence-electron chi connectivity index (χ3n) is 3.98. The Morgan fingerprint density at radius 2 is 2.11 bits per heavy atom. The lowest BCUT2D eigenvalue weighted by Crippen LogP contribution is -2.26. The second kappa shape index (κ2) is 8.06. The first-order valence-electron chi connectivity index (χ1n) is 8.22. The fourth-order valence-electron chi connectivity index (χ4n) is 2.71. The Balaban J connectivity index is 1.58. The molecule has 28 heavy (non-hydrogen) atoms. The molecule has 2 N–H and O–H groups in total. The standard InChI is InChI=1S/C18H16F3NO4S2/c1-9-22-16(18(19,20)21)15(28-9)7-13(24)17(25)26-5-4-10-8-27-14-6-11(23)2-3-12(10)14/h2-3,6,8,13,23-24H,4-5,7H2,1H3. The summed E-state index contributed by atoms with van der Waals surface area (Å²) in [5.74, 6) is -0.816. The average molecular weight is 431 g/mol. The number of carbonyl (C=O) groups excluding carboxylic acids is 1. The van der Waals surface area contributed by atoms with Crippen LogP contribution in [0.2, 0.25) is 0 Å². The van der Waals surface area contributed by atoms with Gasteiger partial charge < -0.3 is 14.9 Å². The molecular weight excluding hydrogens is 415 g/mol. The number of thiophene rings is 1. The van der Waals surface area contributed by atoms with Crippen LogP contribution in [0.25, 0.3) is 10.1 Å². The Hall–Kier alpha value is -2.17. The van der Waals surface area contributed by atoms with Crippen LogP contribution >= 0.6 is 22.7 Å². The lowest BCUT2D eigenvalue weighted by Gasteiger charge is -2.11. The van der Waals surface area contributed by atoms with E-state index < -0.39 is 30.4 Å². The summed E-state index contributed by atoms with van der Waals surface area (Å²) >= 11 is 2.23. The zero-order valence-electron chi connectivity index (χ0n) is 14.6. The molecule has 2 heterocycles. The first-order valence-corrected chi connectivity index (χ1v) is 9.92. The van der Waals surface area contributed by atoms with E-state index in [9.17, 15) is 28.2 Å². The highest BCUT2D eigenvalue weighted by Crippen LogP contribution is 2.35. The molecule has 0 fully saturated rings. The molecule has 0 aliphatic heterocycles. The monoisotopic (exact) mass is 431 g/mol. The van der Waals surface area contributed by atoms with Gasteiger partial charge in [-0.2, -0.15) is 13.2 Å². The Morgan fingerprint density at radius 3 is 2.82 bits per heavy atom. The molecule has 10 heteroatoms. The van der Waals surface area contributed by atoms with Crippen LogP contribution in [-0.4, -0.2) is 33.9 Å². The summed E-state index contributed by atoms with van der Waals surface area (Å²) in [6.45, 7) is 1.41. The highest BCUT2D eigenvalue weighted by atomic mass is 32.1. The molecule has 0 radical (unpaired) electrons. The predicted molar refractivity (Wildman–Crippen MR) is 99.7 cm³/mol. The van der Waals surface area contributed by atoms with Crippen molar-refractivity contribution >= 4 is 38.7 Å². The number of hydrogen-bond acceptors (Lipinski definition) is 7. The maximum atomic E-state index is 13.0. The number of hydrogen-bond donors (Lipinski definition) is 2. The van der Waals surface area contributed by atoms with Crippen LogP contribution in [0.5, 0.6) is 5.75 Å². The number of nitrogens with zero attached hydrogens (tertiary/aromatic N) is 1. The van der Waals surface area contributed by atoms with Crippen LogP contribution in [0.3, 0.4) is 0 Å². The van der Waals surface area contributed by atoms with Gasteiger partial charge in [-0.1, -0.05) is 0 Å². The molecular formula is C18H16F3NO4S2. The van der Waals surface area contributed by atoms with E-state index in [-0.39, 0.29) is 22.2 Å². The summed E-state index contributed by atoms with van der Waals surface area (Å²) < 4.78 is 44.8. The van der Waals surface area contributed by atoms with Crippen molar-refractivity contribution in [2.75, 3.05) is 6.61 Å². The molecule has 1 atom stereocenters. The van der Waals surface area contributed by atoms with Gasteiger partial charge in [0.1, 0.15) is 5.75 Å². The number of carbonyl (C=O) groups is 1. The third kappa shape index (κ3) is 4.62. The molecule has 0 saturated heterocycles. The number of esters is 1. The number of aliphatic hydroxyl groups excluding tert-OH is 1. The van der Waals surface area contributed by atoms with E-state index >= 15 is 0 Å². The van der Waals surface area contributed by atoms with Crippen molar-refractivity contribution in [3.63, 3.8) is 0 Å². The van der Waals surface area contributed by atoms with Crippen LogP contribution in [0.1, 0.15) is 21.1 Å². The molecule has 0 bridgehead atoms. The van der Waals surface area contributed by atoms with Crippen LogP contribution in [-0.2, 0) is 28.5 Å². The second-order valence-corrected chi connectivity index (χ2v) is 8.28. The largest absolute Gasteiger partial charge is 0.508 e. The zero-order valence-corrected chi connectivity index (χ0v) is 16.2. The fourth-order valence-corrected chi connectivity index (χ4v) is 4.73. The first kappa shape index (κ1) is 20.6. The molecule has 0 saturated carbocycles. The lowest BCUT2D eigenvalue weighted by molar-refractivity contribution is -0.154. The van der Waals surface area contributed by atoms with Crippen molar-refractivity contribution in [2.45, 2.75) is 32.0 Å². The first-order chi connectivity index (χ1) is 13.1. The third-order valence-corrected chi connectivity index (χ3v) is 5.97. The molecule has 3 rings (SSSR count). The maximum Gasteiger partial charge on any atom is 0.434 e. The van der Waals surface area contributed by atoms with E-state index in [1.54, 1.807) is 18.2 Å². The number of aromatic nitrogens is 1. The molecule has 0 amide bonds. The van der Waals surface area contributed by atoms with Crippen molar-refractivity contribution in [3.05, 3.63) is 44.7 Å². The zero-order chi connectivity index (χ0) is 20.5. The number of thiazole rings is 1. The minimum atomic E-state index is -4.64. The highest BCUT2D eigenvalue weighted by molar-refractivity contribution is 7.17. The maximum absolute atomic E-state index is 13.0. The minimum absolute atomic E-state index is 0.0174. The number of alkyl halides is 3. The highest BCUT2D eigenvalue weighted by Gasteiger charge is 2.38. The molecule has 1 aromatic carbocycles. The number of aryl methyl sites for hydroxylation is 1. The number of halogens is 3. The Bertz CT molecular complexity index is 997. The van der Waals surface area contributed by atoms with E-state index in [0.29, 0.717) is 6.42 Å². The number of ether oxygens (including phenoxy) is 1. The van der Waals surface area contributed by atoms with Gasteiger partial charge in [-0.05, 0) is 41.5 Å². The molecule has 3 aromatic rings. The van der Waals surface area contributed by atoms with Gasteiger partial charge in [0, 0.05) is 22.4 Å². The van der Waals surface area contributed by atoms with Crippen molar-refractivity contribution in [3.8, 4) is 5.75 Å². The number of benzene rings is 1. The average Bonchev–Trinajstić information content (AvgIpc) is 3.17. The Labute approximate surface area is 166 Å². The van der Waals surface area contributed by atoms with Gasteiger partial charge >= 0.3 is 12.1 Å². The minimum Gasteiger partial charge on any atom is -0.508 e. The summed E-state index contributed by atoms with van der Waals surface area (Å²) in [5, 5.41) is 22.4. The molecule has 150 valence electrons. The molecule has 2 aromatic heterocycles. The summed E-state index contributed by atoms with van der Waals surface area (Å²) in [4.78, 5) is 15.2. The molecule has 1 unspecified atom stereocenters. The van der Waals surface area contributed by atoms with E-state index in [2.05, 4.69) is 4.98 Å². The van der Waals surface area contributed by atoms with Gasteiger partial charge in [0.15, 0.2) is 11.8 Å². The van der Waals surface area contributed by atoms with Gasteiger partial charge in [0.25, 0.3) is 0 Å². The van der Waals surface area contributed by atoms with Crippen molar-refractivity contribution in [2.24, 2.45) is 0 Å². The smallest absolute Gasteiger partial charge is 0.434 e. The summed E-state index contributed by atoms with van der Waals surface area (Å²) in [6.07, 6.45) is -6.45. The van der Waals surface area contributed by atoms with Gasteiger partial charge in [-0.3, -0.25) is 0 Å². The van der Waals surface area contributed by atoms with Gasteiger partial charge in [0.05, 0.1) is 11.6 Å². The summed E-state index contributed by atoms with van der Waals surface area (Å²) in [7, 11) is 0. The van der Waals surface area contributed by atoms with Crippen LogP contribution in [0.4, 0.5) is 13.2 Å². The topological polar surface area (TPSA) is 79.7 Å². The number of phenolic OH excluding ortho intramolecular Hbond substituents is 1. The van der Waals surface area contributed by atoms with E-state index in [0.717, 1.165) is 27.0 Å². The van der Waals surface area contributed by atoms with E-state index in [1.807, 2.05) is 5.38 Å². The molecule has 5 nitrogen and oxygen atoms in total. The number of aromatic hydroxyl groups is 1. The van der Waals surface area contributed by atoms with Crippen molar-refractivity contribution in [1.82, 2.24) is 4.98 Å². The van der Waals surface area contributed by atoms with Crippen molar-refractivity contribution in [1.29, 1.82) is 0 Å². The van der Waals surface area contributed by atoms with Gasteiger partial charge in [-0.15, -0.1) is 22.7 Å². The SMILES string of the molecule is Cc1nc(C(F)(F)F)c(CC(O)C(=O)OCCc2csc3cc(O)ccc23)s1.